The molecular formula is C25H25N3O6. The molecule has 34 heavy (non-hydrogen) atoms. The van der Waals surface area contributed by atoms with E-state index in [1.165, 1.54) is 0 Å². The minimum Gasteiger partial charge on any atom is -0.489 e. The van der Waals surface area contributed by atoms with Crippen LogP contribution in [0.15, 0.2) is 53.5 Å². The van der Waals surface area contributed by atoms with Gasteiger partial charge < -0.3 is 23.9 Å². The molecular weight excluding hydrogens is 438 g/mol. The molecule has 1 aromatic carbocycles. The average Bonchev–Trinajstić information content (AvgIpc) is 3.37. The number of aryl methyl sites for hydroxylation is 1. The SMILES string of the molecule is CCOC(=O)C1C(=O)/C(=C/c2c[nH]c3ncccc23)OC1=Nc1ccc(C)cc1OCCOC. The van der Waals surface area contributed by atoms with Crippen LogP contribution in [0.4, 0.5) is 5.69 Å². The largest absolute Gasteiger partial charge is 0.489 e. The lowest BCUT2D eigenvalue weighted by atomic mass is 10.0. The standard InChI is InChI=1S/C25H25N3O6/c1-4-32-25(30)21-22(29)20(13-16-14-27-23-17(16)6-5-9-26-23)34-24(21)28-18-8-7-15(2)12-19(18)33-11-10-31-3/h5-9,12-14,21H,4,10-11H2,1-3H3,(H,26,27)/b20-13-,28-24?. The van der Waals surface area contributed by atoms with E-state index in [0.29, 0.717) is 35.9 Å². The molecule has 0 amide bonds. The molecule has 2 aromatic heterocycles. The maximum absolute atomic E-state index is 13.2. The summed E-state index contributed by atoms with van der Waals surface area (Å²) in [6, 6.07) is 9.09. The Morgan fingerprint density at radius 1 is 1.29 bits per heavy atom. The van der Waals surface area contributed by atoms with Gasteiger partial charge in [0, 0.05) is 30.5 Å². The third kappa shape index (κ3) is 4.84. The highest BCUT2D eigenvalue weighted by Gasteiger charge is 2.45. The minimum atomic E-state index is -1.30. The lowest BCUT2D eigenvalue weighted by molar-refractivity contribution is -0.147. The monoisotopic (exact) mass is 463 g/mol. The predicted molar refractivity (Wildman–Crippen MR) is 126 cm³/mol. The molecule has 0 bridgehead atoms. The van der Waals surface area contributed by atoms with E-state index in [4.69, 9.17) is 18.9 Å². The second-order valence-corrected chi connectivity index (χ2v) is 7.57. The first-order chi connectivity index (χ1) is 16.5. The molecule has 1 atom stereocenters. The van der Waals surface area contributed by atoms with Crippen LogP contribution in [-0.2, 0) is 23.8 Å². The van der Waals surface area contributed by atoms with Gasteiger partial charge >= 0.3 is 5.97 Å². The van der Waals surface area contributed by atoms with Gasteiger partial charge in [-0.05, 0) is 49.8 Å². The van der Waals surface area contributed by atoms with Crippen LogP contribution in [0.2, 0.25) is 0 Å². The molecule has 0 radical (unpaired) electrons. The number of benzene rings is 1. The summed E-state index contributed by atoms with van der Waals surface area (Å²) in [5, 5.41) is 0.817. The van der Waals surface area contributed by atoms with Gasteiger partial charge in [0.1, 0.15) is 23.7 Å². The molecule has 176 valence electrons. The van der Waals surface area contributed by atoms with Crippen LogP contribution in [0, 0.1) is 12.8 Å². The molecule has 0 spiro atoms. The number of ketones is 1. The number of hydrogen-bond donors (Lipinski definition) is 1. The summed E-state index contributed by atoms with van der Waals surface area (Å²) >= 11 is 0. The summed E-state index contributed by atoms with van der Waals surface area (Å²) in [5.41, 5.74) is 2.77. The second-order valence-electron chi connectivity index (χ2n) is 7.57. The summed E-state index contributed by atoms with van der Waals surface area (Å²) in [6.07, 6.45) is 4.96. The van der Waals surface area contributed by atoms with Crippen LogP contribution >= 0.6 is 0 Å². The average molecular weight is 463 g/mol. The van der Waals surface area contributed by atoms with Crippen LogP contribution < -0.4 is 4.74 Å². The van der Waals surface area contributed by atoms with Crippen molar-refractivity contribution in [3.05, 3.63) is 59.6 Å². The number of methoxy groups -OCH3 is 1. The number of carbonyl (C=O) groups excluding carboxylic acids is 2. The van der Waals surface area contributed by atoms with Crippen molar-refractivity contribution in [2.24, 2.45) is 10.9 Å². The minimum absolute atomic E-state index is 0.00415. The Bertz CT molecular complexity index is 1280. The van der Waals surface area contributed by atoms with Gasteiger partial charge in [0.05, 0.1) is 13.2 Å². The number of aromatic amines is 1. The maximum Gasteiger partial charge on any atom is 0.326 e. The van der Waals surface area contributed by atoms with Crippen LogP contribution in [0.5, 0.6) is 5.75 Å². The van der Waals surface area contributed by atoms with E-state index in [0.717, 1.165) is 10.9 Å². The summed E-state index contributed by atoms with van der Waals surface area (Å²) in [5.74, 6) is -2.12. The number of carbonyl (C=O) groups is 2. The van der Waals surface area contributed by atoms with E-state index in [-0.39, 0.29) is 18.3 Å². The van der Waals surface area contributed by atoms with Crippen molar-refractivity contribution >= 4 is 40.4 Å². The van der Waals surface area contributed by atoms with Crippen molar-refractivity contribution < 1.29 is 28.5 Å². The number of hydrogen-bond acceptors (Lipinski definition) is 8. The van der Waals surface area contributed by atoms with Crippen molar-refractivity contribution in [3.8, 4) is 5.75 Å². The molecule has 1 unspecified atom stereocenters. The number of aliphatic imine (C=N–C) groups is 1. The quantitative estimate of drug-likeness (QED) is 0.234. The first kappa shape index (κ1) is 23.2. The number of fused-ring (bicyclic) bond motifs is 1. The van der Waals surface area contributed by atoms with E-state index in [1.54, 1.807) is 44.6 Å². The highest BCUT2D eigenvalue weighted by molar-refractivity contribution is 6.27. The molecule has 1 saturated heterocycles. The van der Waals surface area contributed by atoms with Crippen molar-refractivity contribution in [1.82, 2.24) is 9.97 Å². The number of nitrogens with zero attached hydrogens (tertiary/aromatic N) is 2. The summed E-state index contributed by atoms with van der Waals surface area (Å²) in [6.45, 7) is 4.44. The van der Waals surface area contributed by atoms with Gasteiger partial charge in [0.25, 0.3) is 0 Å². The Hall–Kier alpha value is -3.98. The maximum atomic E-state index is 13.2. The Labute approximate surface area is 196 Å². The molecule has 1 fully saturated rings. The summed E-state index contributed by atoms with van der Waals surface area (Å²) < 4.78 is 21.8. The highest BCUT2D eigenvalue weighted by Crippen LogP contribution is 2.33. The van der Waals surface area contributed by atoms with Gasteiger partial charge in [0.15, 0.2) is 11.7 Å². The summed E-state index contributed by atoms with van der Waals surface area (Å²) in [7, 11) is 1.58. The van der Waals surface area contributed by atoms with Gasteiger partial charge in [-0.15, -0.1) is 0 Å². The Morgan fingerprint density at radius 3 is 2.94 bits per heavy atom. The molecule has 3 heterocycles. The molecule has 0 aliphatic carbocycles. The van der Waals surface area contributed by atoms with E-state index in [2.05, 4.69) is 15.0 Å². The Morgan fingerprint density at radius 2 is 2.15 bits per heavy atom. The number of nitrogens with one attached hydrogen (secondary N) is 1. The fourth-order valence-corrected chi connectivity index (χ4v) is 3.52. The first-order valence-electron chi connectivity index (χ1n) is 10.8. The molecule has 9 nitrogen and oxygen atoms in total. The zero-order valence-corrected chi connectivity index (χ0v) is 19.2. The van der Waals surface area contributed by atoms with E-state index in [1.807, 2.05) is 25.1 Å². The van der Waals surface area contributed by atoms with Crippen molar-refractivity contribution in [2.45, 2.75) is 13.8 Å². The molecule has 9 heteroatoms. The van der Waals surface area contributed by atoms with Gasteiger partial charge in [-0.25, -0.2) is 9.98 Å². The van der Waals surface area contributed by atoms with E-state index >= 15 is 0 Å². The number of allylic oxidation sites excluding steroid dienone is 1. The highest BCUT2D eigenvalue weighted by atomic mass is 16.5. The van der Waals surface area contributed by atoms with Gasteiger partial charge in [-0.2, -0.15) is 0 Å². The van der Waals surface area contributed by atoms with Crippen molar-refractivity contribution in [1.29, 1.82) is 0 Å². The van der Waals surface area contributed by atoms with Crippen molar-refractivity contribution in [3.63, 3.8) is 0 Å². The molecule has 1 aliphatic rings. The number of rotatable bonds is 8. The van der Waals surface area contributed by atoms with Crippen LogP contribution in [0.25, 0.3) is 17.1 Å². The molecule has 0 saturated carbocycles. The third-order valence-corrected chi connectivity index (χ3v) is 5.15. The number of esters is 1. The lowest BCUT2D eigenvalue weighted by Gasteiger charge is -2.11. The second kappa shape index (κ2) is 10.3. The predicted octanol–water partition coefficient (Wildman–Crippen LogP) is 3.75. The first-order valence-corrected chi connectivity index (χ1v) is 10.8. The lowest BCUT2D eigenvalue weighted by Crippen LogP contribution is -2.27. The fourth-order valence-electron chi connectivity index (χ4n) is 3.52. The molecule has 3 aromatic rings. The van der Waals surface area contributed by atoms with E-state index < -0.39 is 17.7 Å². The van der Waals surface area contributed by atoms with Gasteiger partial charge in [-0.3, -0.25) is 9.59 Å². The third-order valence-electron chi connectivity index (χ3n) is 5.15. The molecule has 1 N–H and O–H groups in total. The molecule has 1 aliphatic heterocycles. The van der Waals surface area contributed by atoms with Crippen LogP contribution in [0.3, 0.4) is 0 Å². The Kier molecular flexibility index (Phi) is 7.03. The van der Waals surface area contributed by atoms with Crippen molar-refractivity contribution in [2.75, 3.05) is 26.9 Å². The Balaban J connectivity index is 1.73. The summed E-state index contributed by atoms with van der Waals surface area (Å²) in [4.78, 5) is 37.7. The van der Waals surface area contributed by atoms with Crippen LogP contribution in [0.1, 0.15) is 18.1 Å². The fraction of sp³-hybridized carbons (Fsp3) is 0.280. The smallest absolute Gasteiger partial charge is 0.326 e. The zero-order valence-electron chi connectivity index (χ0n) is 19.2. The number of H-pyrrole nitrogens is 1. The van der Waals surface area contributed by atoms with Gasteiger partial charge in [0.2, 0.25) is 11.7 Å². The van der Waals surface area contributed by atoms with Gasteiger partial charge in [-0.1, -0.05) is 6.07 Å². The number of pyridine rings is 1. The molecule has 4 rings (SSSR count). The van der Waals surface area contributed by atoms with Crippen LogP contribution in [-0.4, -0.2) is 54.5 Å². The topological polar surface area (TPSA) is 112 Å². The zero-order chi connectivity index (χ0) is 24.1. The van der Waals surface area contributed by atoms with E-state index in [9.17, 15) is 9.59 Å². The normalized spacial score (nSPS) is 18.0. The number of aromatic nitrogens is 2. The number of ether oxygens (including phenoxy) is 4. The number of Topliss-reactive ketones (excluding diaryl/α,β-unsaturated/α-hetero) is 1.